The van der Waals surface area contributed by atoms with E-state index in [1.807, 2.05) is 0 Å². The number of benzene rings is 1. The van der Waals surface area contributed by atoms with Crippen molar-refractivity contribution in [3.63, 3.8) is 0 Å². The van der Waals surface area contributed by atoms with Crippen LogP contribution in [-0.2, 0) is 19.1 Å². The van der Waals surface area contributed by atoms with Crippen LogP contribution in [0.3, 0.4) is 0 Å². The Bertz CT molecular complexity index is 683. The van der Waals surface area contributed by atoms with Crippen molar-refractivity contribution in [3.05, 3.63) is 29.8 Å². The summed E-state index contributed by atoms with van der Waals surface area (Å²) in [5.74, 6) is -0.768. The molecule has 1 aliphatic heterocycles. The predicted molar refractivity (Wildman–Crippen MR) is 94.6 cm³/mol. The van der Waals surface area contributed by atoms with Gasteiger partial charge in [-0.25, -0.2) is 4.79 Å². The first-order valence-corrected chi connectivity index (χ1v) is 8.40. The van der Waals surface area contributed by atoms with Gasteiger partial charge in [0.2, 0.25) is 18.2 Å². The van der Waals surface area contributed by atoms with Crippen LogP contribution < -0.4 is 4.90 Å². The molecule has 0 bridgehead atoms. The first-order valence-electron chi connectivity index (χ1n) is 8.40. The third kappa shape index (κ3) is 4.81. The van der Waals surface area contributed by atoms with E-state index in [1.54, 1.807) is 34.1 Å². The zero-order chi connectivity index (χ0) is 19.1. The van der Waals surface area contributed by atoms with Crippen LogP contribution in [0.4, 0.5) is 5.69 Å². The first-order chi connectivity index (χ1) is 12.5. The van der Waals surface area contributed by atoms with Crippen LogP contribution in [0.5, 0.6) is 0 Å². The molecule has 8 heteroatoms. The van der Waals surface area contributed by atoms with Crippen molar-refractivity contribution in [2.45, 2.75) is 13.3 Å². The summed E-state index contributed by atoms with van der Waals surface area (Å²) in [4.78, 5) is 51.6. The molecule has 2 rings (SSSR count). The van der Waals surface area contributed by atoms with E-state index in [2.05, 4.69) is 0 Å². The predicted octanol–water partition coefficient (Wildman–Crippen LogP) is 0.517. The highest BCUT2D eigenvalue weighted by Crippen LogP contribution is 2.18. The summed E-state index contributed by atoms with van der Waals surface area (Å²) in [7, 11) is 1.29. The zero-order valence-corrected chi connectivity index (χ0v) is 15.0. The third-order valence-electron chi connectivity index (χ3n) is 4.32. The lowest BCUT2D eigenvalue weighted by molar-refractivity contribution is -0.135. The van der Waals surface area contributed by atoms with Gasteiger partial charge in [-0.05, 0) is 18.2 Å². The maximum Gasteiger partial charge on any atom is 0.337 e. The van der Waals surface area contributed by atoms with E-state index >= 15 is 0 Å². The molecule has 0 atom stereocenters. The number of carbonyl (C=O) groups is 4. The summed E-state index contributed by atoms with van der Waals surface area (Å²) in [5.41, 5.74) is 0.881. The van der Waals surface area contributed by atoms with Gasteiger partial charge in [-0.1, -0.05) is 6.07 Å². The normalized spacial score (nSPS) is 13.9. The number of hydrogen-bond donors (Lipinski definition) is 0. The number of rotatable bonds is 6. The Labute approximate surface area is 152 Å². The number of amides is 3. The zero-order valence-electron chi connectivity index (χ0n) is 15.0. The molecule has 0 saturated carbocycles. The minimum absolute atomic E-state index is 0.0640. The molecule has 1 aliphatic rings. The van der Waals surface area contributed by atoms with Crippen molar-refractivity contribution in [1.82, 2.24) is 9.80 Å². The molecular weight excluding hydrogens is 338 g/mol. The lowest BCUT2D eigenvalue weighted by Crippen LogP contribution is -2.48. The highest BCUT2D eigenvalue weighted by molar-refractivity contribution is 5.95. The second kappa shape index (κ2) is 8.98. The van der Waals surface area contributed by atoms with E-state index < -0.39 is 5.97 Å². The first kappa shape index (κ1) is 19.4. The molecule has 1 heterocycles. The largest absolute Gasteiger partial charge is 0.465 e. The molecule has 0 spiro atoms. The minimum atomic E-state index is -0.487. The Morgan fingerprint density at radius 3 is 2.46 bits per heavy atom. The number of carbonyl (C=O) groups excluding carboxylic acids is 4. The quantitative estimate of drug-likeness (QED) is 0.544. The second-order valence-corrected chi connectivity index (χ2v) is 5.98. The molecule has 1 fully saturated rings. The van der Waals surface area contributed by atoms with Crippen molar-refractivity contribution in [2.24, 2.45) is 0 Å². The van der Waals surface area contributed by atoms with E-state index in [1.165, 1.54) is 18.9 Å². The van der Waals surface area contributed by atoms with Crippen LogP contribution in [0.1, 0.15) is 23.7 Å². The molecule has 0 aliphatic carbocycles. The molecular formula is C18H23N3O5. The van der Waals surface area contributed by atoms with Crippen LogP contribution in [0.15, 0.2) is 24.3 Å². The molecule has 1 aromatic carbocycles. The van der Waals surface area contributed by atoms with E-state index in [0.717, 1.165) is 6.41 Å². The maximum absolute atomic E-state index is 12.4. The standard InChI is InChI=1S/C18H23N3O5/c1-14(23)21(16-5-3-4-15(12-16)18(25)26-2)7-6-17(24)20-10-8-19(13-22)9-11-20/h3-5,12-13H,6-11H2,1-2H3. The summed E-state index contributed by atoms with van der Waals surface area (Å²) < 4.78 is 4.69. The number of hydrogen-bond acceptors (Lipinski definition) is 5. The molecule has 8 nitrogen and oxygen atoms in total. The summed E-state index contributed by atoms with van der Waals surface area (Å²) >= 11 is 0. The molecule has 1 saturated heterocycles. The van der Waals surface area contributed by atoms with E-state index in [9.17, 15) is 19.2 Å². The average Bonchev–Trinajstić information content (AvgIpc) is 2.67. The third-order valence-corrected chi connectivity index (χ3v) is 4.32. The highest BCUT2D eigenvalue weighted by Gasteiger charge is 2.22. The van der Waals surface area contributed by atoms with Crippen LogP contribution in [0.2, 0.25) is 0 Å². The Hall–Kier alpha value is -2.90. The van der Waals surface area contributed by atoms with Gasteiger partial charge in [-0.15, -0.1) is 0 Å². The van der Waals surface area contributed by atoms with E-state index in [0.29, 0.717) is 37.4 Å². The molecule has 0 aromatic heterocycles. The minimum Gasteiger partial charge on any atom is -0.465 e. The smallest absolute Gasteiger partial charge is 0.337 e. The van der Waals surface area contributed by atoms with Crippen molar-refractivity contribution in [2.75, 3.05) is 44.7 Å². The number of anilines is 1. The fourth-order valence-electron chi connectivity index (χ4n) is 2.83. The van der Waals surface area contributed by atoms with Gasteiger partial charge < -0.3 is 19.4 Å². The van der Waals surface area contributed by atoms with Gasteiger partial charge in [0.1, 0.15) is 0 Å². The number of nitrogens with zero attached hydrogens (tertiary/aromatic N) is 3. The Balaban J connectivity index is 2.00. The summed E-state index contributed by atoms with van der Waals surface area (Å²) in [5, 5.41) is 0. The monoisotopic (exact) mass is 361 g/mol. The van der Waals surface area contributed by atoms with Crippen molar-refractivity contribution >= 4 is 29.9 Å². The molecule has 140 valence electrons. The Morgan fingerprint density at radius 2 is 1.88 bits per heavy atom. The maximum atomic E-state index is 12.4. The summed E-state index contributed by atoms with van der Waals surface area (Å²) in [6.45, 7) is 3.66. The van der Waals surface area contributed by atoms with Crippen LogP contribution in [0, 0.1) is 0 Å². The number of ether oxygens (including phenoxy) is 1. The van der Waals surface area contributed by atoms with Gasteiger partial charge in [-0.3, -0.25) is 14.4 Å². The molecule has 1 aromatic rings. The fraction of sp³-hybridized carbons (Fsp3) is 0.444. The Kier molecular flexibility index (Phi) is 6.71. The van der Waals surface area contributed by atoms with E-state index in [-0.39, 0.29) is 24.8 Å². The summed E-state index contributed by atoms with van der Waals surface area (Å²) in [6, 6.07) is 6.55. The van der Waals surface area contributed by atoms with E-state index in [4.69, 9.17) is 4.74 Å². The lowest BCUT2D eigenvalue weighted by atomic mass is 10.1. The molecule has 0 unspecified atom stereocenters. The van der Waals surface area contributed by atoms with Crippen LogP contribution >= 0.6 is 0 Å². The van der Waals surface area contributed by atoms with Crippen molar-refractivity contribution in [1.29, 1.82) is 0 Å². The van der Waals surface area contributed by atoms with Crippen molar-refractivity contribution < 1.29 is 23.9 Å². The molecule has 0 radical (unpaired) electrons. The molecule has 0 N–H and O–H groups in total. The van der Waals surface area contributed by atoms with Crippen LogP contribution in [0.25, 0.3) is 0 Å². The Morgan fingerprint density at radius 1 is 1.19 bits per heavy atom. The summed E-state index contributed by atoms with van der Waals surface area (Å²) in [6.07, 6.45) is 0.955. The molecule has 3 amide bonds. The van der Waals surface area contributed by atoms with Gasteiger partial charge >= 0.3 is 5.97 Å². The van der Waals surface area contributed by atoms with Gasteiger partial charge in [0.15, 0.2) is 0 Å². The number of piperazine rings is 1. The van der Waals surface area contributed by atoms with Gasteiger partial charge in [0, 0.05) is 51.8 Å². The van der Waals surface area contributed by atoms with Gasteiger partial charge in [-0.2, -0.15) is 0 Å². The number of esters is 1. The van der Waals surface area contributed by atoms with Gasteiger partial charge in [0.25, 0.3) is 0 Å². The average molecular weight is 361 g/mol. The lowest BCUT2D eigenvalue weighted by Gasteiger charge is -2.33. The fourth-order valence-corrected chi connectivity index (χ4v) is 2.83. The van der Waals surface area contributed by atoms with Gasteiger partial charge in [0.05, 0.1) is 12.7 Å². The van der Waals surface area contributed by atoms with Crippen molar-refractivity contribution in [3.8, 4) is 0 Å². The topological polar surface area (TPSA) is 87.2 Å². The highest BCUT2D eigenvalue weighted by atomic mass is 16.5. The second-order valence-electron chi connectivity index (χ2n) is 5.98. The SMILES string of the molecule is COC(=O)c1cccc(N(CCC(=O)N2CCN(C=O)CC2)C(C)=O)c1. The number of methoxy groups -OCH3 is 1. The van der Waals surface area contributed by atoms with Crippen LogP contribution in [-0.4, -0.2) is 73.8 Å². The molecule has 26 heavy (non-hydrogen) atoms.